The molecule has 2 aromatic carbocycles. The van der Waals surface area contributed by atoms with E-state index in [-0.39, 0.29) is 43.0 Å². The van der Waals surface area contributed by atoms with E-state index in [0.29, 0.717) is 34.6 Å². The zero-order valence-corrected chi connectivity index (χ0v) is 25.7. The molecular weight excluding hydrogens is 598 g/mol. The Bertz CT molecular complexity index is 1920. The number of hydrogen-bond donors (Lipinski definition) is 1. The largest absolute Gasteiger partial charge is 0.463 e. The van der Waals surface area contributed by atoms with Gasteiger partial charge in [-0.3, -0.25) is 24.1 Å². The lowest BCUT2D eigenvalue weighted by Crippen LogP contribution is -2.58. The monoisotopic (exact) mass is 629 g/mol. The molecule has 8 heteroatoms. The predicted molar refractivity (Wildman–Crippen MR) is 171 cm³/mol. The number of nitrogens with zero attached hydrogens (tertiary/aromatic N) is 1. The molecule has 1 aliphatic heterocycles. The fourth-order valence-corrected chi connectivity index (χ4v) is 9.29. The van der Waals surface area contributed by atoms with Crippen LogP contribution in [-0.4, -0.2) is 33.4 Å². The van der Waals surface area contributed by atoms with Crippen molar-refractivity contribution in [2.24, 2.45) is 23.7 Å². The van der Waals surface area contributed by atoms with Gasteiger partial charge in [0.15, 0.2) is 11.6 Å². The minimum atomic E-state index is -1.35. The van der Waals surface area contributed by atoms with Crippen molar-refractivity contribution in [1.82, 2.24) is 4.90 Å². The van der Waals surface area contributed by atoms with E-state index in [1.807, 2.05) is 84.3 Å². The smallest absolute Gasteiger partial charge is 0.234 e. The fraction of sp³-hybridized carbons (Fsp3) is 0.263. The number of aliphatic hydroxyl groups excluding tert-OH is 1. The van der Waals surface area contributed by atoms with E-state index in [1.165, 1.54) is 22.3 Å². The van der Waals surface area contributed by atoms with Gasteiger partial charge in [0.25, 0.3) is 0 Å². The SMILES string of the molecule is O=C1C(c2ccccc2)=CC(=O)C2(c3ccccc3)C1CC1C(=CCC3C(=O)N(Cc4cccs4)C(=O)C31)C2c1ccc(CO)o1. The average Bonchev–Trinajstić information content (AvgIpc) is 3.84. The van der Waals surface area contributed by atoms with Crippen molar-refractivity contribution in [3.05, 3.63) is 136 Å². The van der Waals surface area contributed by atoms with Crippen LogP contribution in [0.15, 0.2) is 112 Å². The number of allylic oxidation sites excluding steroid dienone is 4. The minimum absolute atomic E-state index is 0.165. The average molecular weight is 630 g/mol. The molecule has 6 unspecified atom stereocenters. The van der Waals surface area contributed by atoms with Gasteiger partial charge in [-0.15, -0.1) is 11.3 Å². The number of aliphatic hydroxyl groups is 1. The molecule has 1 saturated heterocycles. The normalized spacial score (nSPS) is 28.8. The number of carbonyl (C=O) groups is 4. The molecule has 2 aromatic heterocycles. The predicted octanol–water partition coefficient (Wildman–Crippen LogP) is 5.86. The van der Waals surface area contributed by atoms with Crippen LogP contribution in [0.1, 0.15) is 46.3 Å². The van der Waals surface area contributed by atoms with Crippen LogP contribution < -0.4 is 0 Å². The first kappa shape index (κ1) is 28.8. The molecule has 230 valence electrons. The van der Waals surface area contributed by atoms with Gasteiger partial charge in [-0.05, 0) is 59.5 Å². The van der Waals surface area contributed by atoms with Crippen molar-refractivity contribution < 1.29 is 28.7 Å². The van der Waals surface area contributed by atoms with Gasteiger partial charge >= 0.3 is 0 Å². The third kappa shape index (κ3) is 4.13. The molecule has 4 aromatic rings. The number of carbonyl (C=O) groups excluding carboxylic acids is 4. The molecule has 0 bridgehead atoms. The summed E-state index contributed by atoms with van der Waals surface area (Å²) < 4.78 is 6.23. The summed E-state index contributed by atoms with van der Waals surface area (Å²) >= 11 is 1.50. The van der Waals surface area contributed by atoms with Crippen molar-refractivity contribution in [1.29, 1.82) is 0 Å². The Morgan fingerprint density at radius 3 is 2.33 bits per heavy atom. The molecule has 7 nitrogen and oxygen atoms in total. The lowest BCUT2D eigenvalue weighted by molar-refractivity contribution is -0.141. The number of fused-ring (bicyclic) bond motifs is 4. The summed E-state index contributed by atoms with van der Waals surface area (Å²) in [4.78, 5) is 60.1. The van der Waals surface area contributed by atoms with E-state index in [2.05, 4.69) is 0 Å². The third-order valence-electron chi connectivity index (χ3n) is 10.5. The van der Waals surface area contributed by atoms with E-state index >= 15 is 0 Å². The van der Waals surface area contributed by atoms with Crippen molar-refractivity contribution in [3.63, 3.8) is 0 Å². The van der Waals surface area contributed by atoms with Crippen molar-refractivity contribution in [3.8, 4) is 0 Å². The zero-order chi connectivity index (χ0) is 31.6. The standard InChI is InChI=1S/C38H31NO6S/c40-21-24-13-16-31(45-24)34-26-14-15-27-33(37(44)39(36(27)43)20-25-12-7-17-46-25)29(26)18-30-35(42)28(22-8-3-1-4-9-22)19-32(41)38(30,34)23-10-5-2-6-11-23/h1-14,16-17,19,27,29-30,33-34,40H,15,18,20-21H2. The number of amides is 2. The molecule has 3 aliphatic carbocycles. The summed E-state index contributed by atoms with van der Waals surface area (Å²) in [5.41, 5.74) is 1.21. The Labute approximate surface area is 269 Å². The summed E-state index contributed by atoms with van der Waals surface area (Å²) in [7, 11) is 0. The lowest BCUT2D eigenvalue weighted by Gasteiger charge is -2.54. The summed E-state index contributed by atoms with van der Waals surface area (Å²) in [6.45, 7) is -0.0984. The van der Waals surface area contributed by atoms with Gasteiger partial charge < -0.3 is 9.52 Å². The molecule has 8 rings (SSSR count). The molecule has 0 spiro atoms. The van der Waals surface area contributed by atoms with Gasteiger partial charge in [-0.1, -0.05) is 78.4 Å². The Kier molecular flexibility index (Phi) is 6.88. The third-order valence-corrected chi connectivity index (χ3v) is 11.3. The quantitative estimate of drug-likeness (QED) is 0.212. The van der Waals surface area contributed by atoms with Gasteiger partial charge in [-0.2, -0.15) is 0 Å². The van der Waals surface area contributed by atoms with Crippen LogP contribution in [0.5, 0.6) is 0 Å². The van der Waals surface area contributed by atoms with E-state index in [1.54, 1.807) is 12.1 Å². The highest BCUT2D eigenvalue weighted by atomic mass is 32.1. The summed E-state index contributed by atoms with van der Waals surface area (Å²) in [5.74, 6) is -3.17. The Morgan fingerprint density at radius 1 is 0.870 bits per heavy atom. The van der Waals surface area contributed by atoms with Crippen LogP contribution in [0, 0.1) is 23.7 Å². The van der Waals surface area contributed by atoms with Gasteiger partial charge in [0.1, 0.15) is 18.1 Å². The Morgan fingerprint density at radius 2 is 1.63 bits per heavy atom. The molecule has 0 radical (unpaired) electrons. The second-order valence-corrected chi connectivity index (χ2v) is 13.6. The fourth-order valence-electron chi connectivity index (χ4n) is 8.60. The number of ketones is 2. The summed E-state index contributed by atoms with van der Waals surface area (Å²) in [6.07, 6.45) is 4.11. The molecule has 1 N–H and O–H groups in total. The number of rotatable bonds is 6. The topological polar surface area (TPSA) is 105 Å². The molecule has 4 aliphatic rings. The molecule has 6 atom stereocenters. The number of furan rings is 1. The lowest BCUT2D eigenvalue weighted by atomic mass is 9.45. The first-order chi connectivity index (χ1) is 22.4. The number of thiophene rings is 1. The van der Waals surface area contributed by atoms with Gasteiger partial charge in [0.2, 0.25) is 11.8 Å². The molecular formula is C38H31NO6S. The Hall–Kier alpha value is -4.66. The number of likely N-dealkylation sites (tertiary alicyclic amines) is 1. The minimum Gasteiger partial charge on any atom is -0.463 e. The van der Waals surface area contributed by atoms with Gasteiger partial charge in [0.05, 0.1) is 29.7 Å². The van der Waals surface area contributed by atoms with Crippen LogP contribution in [0.3, 0.4) is 0 Å². The molecule has 2 amide bonds. The summed E-state index contributed by atoms with van der Waals surface area (Å²) in [6, 6.07) is 25.9. The van der Waals surface area contributed by atoms with E-state index in [0.717, 1.165) is 10.5 Å². The molecule has 1 saturated carbocycles. The summed E-state index contributed by atoms with van der Waals surface area (Å²) in [5, 5.41) is 11.9. The number of benzene rings is 2. The zero-order valence-electron chi connectivity index (χ0n) is 24.9. The number of Topliss-reactive ketones (excluding diaryl/α,β-unsaturated/α-hetero) is 1. The van der Waals surface area contributed by atoms with Crippen LogP contribution in [0.25, 0.3) is 5.57 Å². The highest BCUT2D eigenvalue weighted by Crippen LogP contribution is 2.63. The maximum Gasteiger partial charge on any atom is 0.234 e. The van der Waals surface area contributed by atoms with Crippen molar-refractivity contribution in [2.75, 3.05) is 0 Å². The maximum absolute atomic E-state index is 14.9. The van der Waals surface area contributed by atoms with Crippen molar-refractivity contribution in [2.45, 2.75) is 37.3 Å². The highest BCUT2D eigenvalue weighted by molar-refractivity contribution is 7.09. The molecule has 46 heavy (non-hydrogen) atoms. The van der Waals surface area contributed by atoms with Crippen LogP contribution in [0.4, 0.5) is 0 Å². The number of hydrogen-bond acceptors (Lipinski definition) is 7. The highest BCUT2D eigenvalue weighted by Gasteiger charge is 2.66. The van der Waals surface area contributed by atoms with E-state index in [4.69, 9.17) is 4.42 Å². The van der Waals surface area contributed by atoms with Gasteiger partial charge in [0, 0.05) is 16.4 Å². The van der Waals surface area contributed by atoms with Crippen LogP contribution >= 0.6 is 11.3 Å². The number of imide groups is 1. The second kappa shape index (κ2) is 11.0. The van der Waals surface area contributed by atoms with Crippen LogP contribution in [-0.2, 0) is 37.7 Å². The Balaban J connectivity index is 1.33. The second-order valence-electron chi connectivity index (χ2n) is 12.6. The first-order valence-corrected chi connectivity index (χ1v) is 16.5. The first-order valence-electron chi connectivity index (χ1n) is 15.6. The van der Waals surface area contributed by atoms with Crippen LogP contribution in [0.2, 0.25) is 0 Å². The van der Waals surface area contributed by atoms with E-state index < -0.39 is 35.0 Å². The molecule has 2 fully saturated rings. The van der Waals surface area contributed by atoms with Crippen molar-refractivity contribution >= 4 is 40.3 Å². The van der Waals surface area contributed by atoms with E-state index in [9.17, 15) is 24.3 Å². The van der Waals surface area contributed by atoms with Gasteiger partial charge in [-0.25, -0.2) is 0 Å². The molecule has 3 heterocycles. The maximum atomic E-state index is 14.9.